The number of hydrogen-bond acceptors (Lipinski definition) is 5. The molecule has 29 heavy (non-hydrogen) atoms. The Labute approximate surface area is 175 Å². The summed E-state index contributed by atoms with van der Waals surface area (Å²) in [5.74, 6) is -0.474. The molecule has 0 radical (unpaired) electrons. The molecule has 2 N–H and O–H groups in total. The van der Waals surface area contributed by atoms with Gasteiger partial charge in [0.2, 0.25) is 11.8 Å². The van der Waals surface area contributed by atoms with Crippen LogP contribution in [0.15, 0.2) is 52.3 Å². The predicted molar refractivity (Wildman–Crippen MR) is 115 cm³/mol. The van der Waals surface area contributed by atoms with Crippen LogP contribution in [0.1, 0.15) is 31.4 Å². The summed E-state index contributed by atoms with van der Waals surface area (Å²) in [5, 5.41) is 4.40. The first-order valence-electron chi connectivity index (χ1n) is 9.34. The van der Waals surface area contributed by atoms with E-state index in [1.54, 1.807) is 13.0 Å². The Morgan fingerprint density at radius 3 is 2.59 bits per heavy atom. The van der Waals surface area contributed by atoms with Crippen molar-refractivity contribution in [2.24, 2.45) is 0 Å². The molecule has 1 aliphatic rings. The second-order valence-electron chi connectivity index (χ2n) is 7.23. The fraction of sp³-hybridized carbons (Fsp3) is 0.333. The standard InChI is InChI=1S/C21H24N2O4S2/c1-13-4-6-16(7-5-13)12-22-20(24)10-14(2)29(26,27)17-8-9-19-18(11-17)23-21(25)15(3)28-19/h4-9,11,14-15H,10,12H2,1-3H3,(H,22,24)(H,23,25)/t14-,15+/m0/s1. The number of fused-ring (bicyclic) bond motifs is 1. The first-order valence-corrected chi connectivity index (χ1v) is 11.8. The van der Waals surface area contributed by atoms with Gasteiger partial charge >= 0.3 is 0 Å². The van der Waals surface area contributed by atoms with E-state index in [9.17, 15) is 18.0 Å². The zero-order chi connectivity index (χ0) is 21.2. The highest BCUT2D eigenvalue weighted by Crippen LogP contribution is 2.37. The van der Waals surface area contributed by atoms with Gasteiger partial charge in [0.05, 0.1) is 21.1 Å². The Bertz CT molecular complexity index is 1030. The molecule has 0 saturated heterocycles. The largest absolute Gasteiger partial charge is 0.352 e. The van der Waals surface area contributed by atoms with Gasteiger partial charge in [-0.25, -0.2) is 8.42 Å². The number of anilines is 1. The van der Waals surface area contributed by atoms with Crippen molar-refractivity contribution in [1.29, 1.82) is 0 Å². The molecule has 2 aromatic rings. The second-order valence-corrected chi connectivity index (χ2v) is 11.0. The van der Waals surface area contributed by atoms with Crippen molar-refractivity contribution in [2.75, 3.05) is 5.32 Å². The molecule has 0 aromatic heterocycles. The molecule has 0 bridgehead atoms. The first kappa shape index (κ1) is 21.4. The third-order valence-electron chi connectivity index (χ3n) is 4.82. The van der Waals surface area contributed by atoms with Crippen molar-refractivity contribution in [3.63, 3.8) is 0 Å². The van der Waals surface area contributed by atoms with Crippen molar-refractivity contribution >= 4 is 39.1 Å². The summed E-state index contributed by atoms with van der Waals surface area (Å²) in [6.07, 6.45) is -0.135. The Morgan fingerprint density at radius 1 is 1.21 bits per heavy atom. The maximum absolute atomic E-state index is 12.9. The van der Waals surface area contributed by atoms with Gasteiger partial charge in [0.1, 0.15) is 0 Å². The molecule has 0 spiro atoms. The van der Waals surface area contributed by atoms with Crippen LogP contribution in [0.25, 0.3) is 0 Å². The lowest BCUT2D eigenvalue weighted by Crippen LogP contribution is -2.30. The van der Waals surface area contributed by atoms with E-state index in [2.05, 4.69) is 10.6 Å². The second kappa shape index (κ2) is 8.59. The van der Waals surface area contributed by atoms with Crippen LogP contribution in [0, 0.1) is 6.92 Å². The molecule has 2 amide bonds. The van der Waals surface area contributed by atoms with E-state index in [1.807, 2.05) is 31.2 Å². The summed E-state index contributed by atoms with van der Waals surface area (Å²) in [6.45, 7) is 5.66. The minimum atomic E-state index is -3.71. The Balaban J connectivity index is 1.66. The molecule has 0 aliphatic carbocycles. The normalized spacial score (nSPS) is 17.2. The van der Waals surface area contributed by atoms with Crippen molar-refractivity contribution in [3.05, 3.63) is 53.6 Å². The van der Waals surface area contributed by atoms with Crippen LogP contribution in [0.4, 0.5) is 5.69 Å². The molecule has 2 atom stereocenters. The molecule has 2 aromatic carbocycles. The van der Waals surface area contributed by atoms with E-state index >= 15 is 0 Å². The average Bonchev–Trinajstić information content (AvgIpc) is 2.68. The fourth-order valence-corrected chi connectivity index (χ4v) is 5.25. The molecule has 154 valence electrons. The number of sulfone groups is 1. The van der Waals surface area contributed by atoms with Crippen LogP contribution in [0.2, 0.25) is 0 Å². The third-order valence-corrected chi connectivity index (χ3v) is 8.14. The van der Waals surface area contributed by atoms with E-state index in [4.69, 9.17) is 0 Å². The van der Waals surface area contributed by atoms with Gasteiger partial charge in [0, 0.05) is 17.9 Å². The van der Waals surface area contributed by atoms with Gasteiger partial charge in [-0.05, 0) is 44.5 Å². The van der Waals surface area contributed by atoms with E-state index in [1.165, 1.54) is 30.8 Å². The van der Waals surface area contributed by atoms with Gasteiger partial charge in [0.25, 0.3) is 0 Å². The van der Waals surface area contributed by atoms with Gasteiger partial charge in [-0.3, -0.25) is 9.59 Å². The highest BCUT2D eigenvalue weighted by Gasteiger charge is 2.29. The lowest BCUT2D eigenvalue weighted by Gasteiger charge is -2.22. The Kier molecular flexibility index (Phi) is 6.33. The maximum atomic E-state index is 12.9. The lowest BCUT2D eigenvalue weighted by atomic mass is 10.1. The van der Waals surface area contributed by atoms with E-state index in [0.29, 0.717) is 12.2 Å². The van der Waals surface area contributed by atoms with Crippen LogP contribution < -0.4 is 10.6 Å². The number of rotatable bonds is 6. The molecular formula is C21H24N2O4S2. The summed E-state index contributed by atoms with van der Waals surface area (Å²) >= 11 is 1.39. The third kappa shape index (κ3) is 5.00. The molecule has 8 heteroatoms. The number of nitrogens with one attached hydrogen (secondary N) is 2. The molecule has 1 aliphatic heterocycles. The van der Waals surface area contributed by atoms with Crippen LogP contribution in [-0.4, -0.2) is 30.7 Å². The Morgan fingerprint density at radius 2 is 1.90 bits per heavy atom. The number of carbonyl (C=O) groups is 2. The molecule has 6 nitrogen and oxygen atoms in total. The summed E-state index contributed by atoms with van der Waals surface area (Å²) in [4.78, 5) is 25.1. The van der Waals surface area contributed by atoms with Gasteiger partial charge in [-0.1, -0.05) is 29.8 Å². The molecular weight excluding hydrogens is 408 g/mol. The zero-order valence-corrected chi connectivity index (χ0v) is 18.2. The van der Waals surface area contributed by atoms with E-state index in [-0.39, 0.29) is 28.4 Å². The minimum absolute atomic E-state index is 0.102. The van der Waals surface area contributed by atoms with Gasteiger partial charge in [-0.2, -0.15) is 0 Å². The zero-order valence-electron chi connectivity index (χ0n) is 16.6. The quantitative estimate of drug-likeness (QED) is 0.731. The predicted octanol–water partition coefficient (Wildman–Crippen LogP) is 3.30. The highest BCUT2D eigenvalue weighted by atomic mass is 32.2. The van der Waals surface area contributed by atoms with E-state index in [0.717, 1.165) is 16.0 Å². The number of aryl methyl sites for hydroxylation is 1. The minimum Gasteiger partial charge on any atom is -0.352 e. The maximum Gasteiger partial charge on any atom is 0.237 e. The number of hydrogen-bond donors (Lipinski definition) is 2. The van der Waals surface area contributed by atoms with Gasteiger partial charge < -0.3 is 10.6 Å². The summed E-state index contributed by atoms with van der Waals surface area (Å²) in [7, 11) is -3.71. The van der Waals surface area contributed by atoms with Crippen LogP contribution in [0.5, 0.6) is 0 Å². The topological polar surface area (TPSA) is 92.3 Å². The first-order chi connectivity index (χ1) is 13.7. The molecule has 0 saturated carbocycles. The fourth-order valence-electron chi connectivity index (χ4n) is 2.95. The SMILES string of the molecule is Cc1ccc(CNC(=O)C[C@H](C)S(=O)(=O)c2ccc3c(c2)NC(=O)[C@@H](C)S3)cc1. The monoisotopic (exact) mass is 432 g/mol. The average molecular weight is 433 g/mol. The van der Waals surface area contributed by atoms with E-state index < -0.39 is 15.1 Å². The summed E-state index contributed by atoms with van der Waals surface area (Å²) < 4.78 is 25.8. The van der Waals surface area contributed by atoms with Gasteiger partial charge in [0.15, 0.2) is 9.84 Å². The van der Waals surface area contributed by atoms with Gasteiger partial charge in [-0.15, -0.1) is 11.8 Å². The van der Waals surface area contributed by atoms with Crippen molar-refractivity contribution in [3.8, 4) is 0 Å². The Hall–Kier alpha value is -2.32. The number of carbonyl (C=O) groups excluding carboxylic acids is 2. The highest BCUT2D eigenvalue weighted by molar-refractivity contribution is 8.01. The molecule has 0 unspecified atom stereocenters. The molecule has 0 fully saturated rings. The van der Waals surface area contributed by atoms with Crippen molar-refractivity contribution in [2.45, 2.75) is 54.0 Å². The van der Waals surface area contributed by atoms with Crippen LogP contribution >= 0.6 is 11.8 Å². The molecule has 1 heterocycles. The van der Waals surface area contributed by atoms with Crippen LogP contribution in [0.3, 0.4) is 0 Å². The number of thioether (sulfide) groups is 1. The number of amides is 2. The number of benzene rings is 2. The van der Waals surface area contributed by atoms with Crippen LogP contribution in [-0.2, 0) is 26.0 Å². The summed E-state index contributed by atoms with van der Waals surface area (Å²) in [6, 6.07) is 12.5. The van der Waals surface area contributed by atoms with Crippen molar-refractivity contribution < 1.29 is 18.0 Å². The van der Waals surface area contributed by atoms with Crippen molar-refractivity contribution in [1.82, 2.24) is 5.32 Å². The lowest BCUT2D eigenvalue weighted by molar-refractivity contribution is -0.121. The molecule has 3 rings (SSSR count). The smallest absolute Gasteiger partial charge is 0.237 e. The summed E-state index contributed by atoms with van der Waals surface area (Å²) in [5.41, 5.74) is 2.58.